The molecule has 0 bridgehead atoms. The molecule has 1 aliphatic heterocycles. The van der Waals surface area contributed by atoms with Crippen LogP contribution in [0.4, 0.5) is 11.4 Å². The molecular formula is C32H26N2O4. The van der Waals surface area contributed by atoms with E-state index in [0.717, 1.165) is 22.1 Å². The summed E-state index contributed by atoms with van der Waals surface area (Å²) < 4.78 is 6.00. The Kier molecular flexibility index (Phi) is 6.00. The number of fused-ring (bicyclic) bond motifs is 2. The molecule has 0 aromatic heterocycles. The Bertz CT molecular complexity index is 1610. The van der Waals surface area contributed by atoms with E-state index in [9.17, 15) is 14.4 Å². The van der Waals surface area contributed by atoms with E-state index >= 15 is 0 Å². The molecule has 1 N–H and O–H groups in total. The Labute approximate surface area is 220 Å². The molecule has 4 aromatic carbocycles. The number of carbonyl (C=O) groups excluding carboxylic acids is 3. The van der Waals surface area contributed by atoms with Crippen molar-refractivity contribution in [2.24, 2.45) is 11.8 Å². The summed E-state index contributed by atoms with van der Waals surface area (Å²) in [6, 6.07) is 27.8. The summed E-state index contributed by atoms with van der Waals surface area (Å²) in [5.41, 5.74) is 2.29. The van der Waals surface area contributed by atoms with Crippen LogP contribution < -0.4 is 15.0 Å². The zero-order valence-electron chi connectivity index (χ0n) is 20.9. The lowest BCUT2D eigenvalue weighted by atomic mass is 9.82. The first-order valence-corrected chi connectivity index (χ1v) is 12.7. The summed E-state index contributed by atoms with van der Waals surface area (Å²) in [5, 5.41) is 5.11. The van der Waals surface area contributed by atoms with E-state index in [1.807, 2.05) is 49.4 Å². The van der Waals surface area contributed by atoms with Gasteiger partial charge in [0.15, 0.2) is 0 Å². The zero-order valence-corrected chi connectivity index (χ0v) is 20.9. The third-order valence-electron chi connectivity index (χ3n) is 7.28. The summed E-state index contributed by atoms with van der Waals surface area (Å²) in [6.07, 6.45) is 3.16. The minimum absolute atomic E-state index is 0.233. The number of nitrogens with one attached hydrogen (secondary N) is 1. The lowest BCUT2D eigenvalue weighted by molar-refractivity contribution is -0.122. The molecule has 38 heavy (non-hydrogen) atoms. The molecule has 0 unspecified atom stereocenters. The van der Waals surface area contributed by atoms with Gasteiger partial charge in [-0.05, 0) is 79.1 Å². The Morgan fingerprint density at radius 3 is 2.32 bits per heavy atom. The third kappa shape index (κ3) is 4.34. The highest BCUT2D eigenvalue weighted by Gasteiger charge is 2.49. The number of nitrogens with zero attached hydrogens (tertiary/aromatic N) is 1. The van der Waals surface area contributed by atoms with Gasteiger partial charge in [0.1, 0.15) is 11.5 Å². The summed E-state index contributed by atoms with van der Waals surface area (Å²) in [7, 11) is 0. The van der Waals surface area contributed by atoms with Crippen molar-refractivity contribution in [1.82, 2.24) is 0 Å². The van der Waals surface area contributed by atoms with Crippen LogP contribution in [-0.4, -0.2) is 17.7 Å². The SMILES string of the molecule is CC1=CC[C@@H]2C(=O)N(c3ccccc3C(=O)Nc3ccc(Oc4ccc5ccccc5c4)cc3)C(=O)[C@@H]2C1. The van der Waals surface area contributed by atoms with Crippen LogP contribution >= 0.6 is 0 Å². The van der Waals surface area contributed by atoms with Crippen molar-refractivity contribution >= 4 is 39.9 Å². The van der Waals surface area contributed by atoms with Gasteiger partial charge >= 0.3 is 0 Å². The number of carbonyl (C=O) groups is 3. The highest BCUT2D eigenvalue weighted by molar-refractivity contribution is 6.25. The van der Waals surface area contributed by atoms with Crippen LogP contribution in [0.15, 0.2) is 103 Å². The second kappa shape index (κ2) is 9.63. The topological polar surface area (TPSA) is 75.7 Å². The standard InChI is InChI=1S/C32H26N2O4/c1-20-10-17-26-28(18-20)32(37)34(31(26)36)29-9-5-4-8-27(29)30(35)33-23-12-15-24(16-13-23)38-25-14-11-21-6-2-3-7-22(21)19-25/h2-16,19,26,28H,17-18H2,1H3,(H,33,35)/t26-,28+/m0/s1. The minimum atomic E-state index is -0.395. The number of hydrogen-bond donors (Lipinski definition) is 1. The Balaban J connectivity index is 1.18. The fourth-order valence-corrected chi connectivity index (χ4v) is 5.31. The number of amides is 3. The van der Waals surface area contributed by atoms with Crippen molar-refractivity contribution in [2.75, 3.05) is 10.2 Å². The molecule has 1 heterocycles. The van der Waals surface area contributed by atoms with E-state index in [1.165, 1.54) is 4.90 Å². The highest BCUT2D eigenvalue weighted by atomic mass is 16.5. The van der Waals surface area contributed by atoms with Gasteiger partial charge < -0.3 is 10.1 Å². The van der Waals surface area contributed by atoms with Crippen molar-refractivity contribution < 1.29 is 19.1 Å². The lowest BCUT2D eigenvalue weighted by Gasteiger charge is -2.19. The van der Waals surface area contributed by atoms with Crippen molar-refractivity contribution in [3.8, 4) is 11.5 Å². The van der Waals surface area contributed by atoms with Gasteiger partial charge in [-0.3, -0.25) is 14.4 Å². The lowest BCUT2D eigenvalue weighted by Crippen LogP contribution is -2.33. The Morgan fingerprint density at radius 2 is 1.50 bits per heavy atom. The van der Waals surface area contributed by atoms with Crippen molar-refractivity contribution in [2.45, 2.75) is 19.8 Å². The molecule has 1 saturated heterocycles. The van der Waals surface area contributed by atoms with Crippen LogP contribution in [0.1, 0.15) is 30.1 Å². The molecule has 1 aliphatic carbocycles. The molecule has 4 aromatic rings. The molecule has 3 amide bonds. The first kappa shape index (κ1) is 23.7. The number of hydrogen-bond acceptors (Lipinski definition) is 4. The normalized spacial score (nSPS) is 18.8. The predicted octanol–water partition coefficient (Wildman–Crippen LogP) is 6.73. The molecular weight excluding hydrogens is 476 g/mol. The quantitative estimate of drug-likeness (QED) is 0.243. The molecule has 6 nitrogen and oxygen atoms in total. The van der Waals surface area contributed by atoms with Gasteiger partial charge in [-0.1, -0.05) is 54.1 Å². The fourth-order valence-electron chi connectivity index (χ4n) is 5.31. The molecule has 1 fully saturated rings. The van der Waals surface area contributed by atoms with Gasteiger partial charge in [0.2, 0.25) is 11.8 Å². The van der Waals surface area contributed by atoms with Gasteiger partial charge in [-0.25, -0.2) is 4.90 Å². The van der Waals surface area contributed by atoms with Gasteiger partial charge in [-0.15, -0.1) is 0 Å². The monoisotopic (exact) mass is 502 g/mol. The number of benzene rings is 4. The molecule has 0 saturated carbocycles. The predicted molar refractivity (Wildman–Crippen MR) is 147 cm³/mol. The molecule has 188 valence electrons. The summed E-state index contributed by atoms with van der Waals surface area (Å²) in [6.45, 7) is 1.98. The van der Waals surface area contributed by atoms with E-state index in [0.29, 0.717) is 30.0 Å². The second-order valence-corrected chi connectivity index (χ2v) is 9.82. The Hall–Kier alpha value is -4.71. The molecule has 0 spiro atoms. The van der Waals surface area contributed by atoms with Crippen LogP contribution in [0.5, 0.6) is 11.5 Å². The average molecular weight is 503 g/mol. The third-order valence-corrected chi connectivity index (χ3v) is 7.28. The van der Waals surface area contributed by atoms with E-state index in [4.69, 9.17) is 4.74 Å². The van der Waals surface area contributed by atoms with Crippen LogP contribution in [0, 0.1) is 11.8 Å². The van der Waals surface area contributed by atoms with Crippen molar-refractivity contribution in [1.29, 1.82) is 0 Å². The number of anilines is 2. The molecule has 6 heteroatoms. The number of imide groups is 1. The van der Waals surface area contributed by atoms with Crippen molar-refractivity contribution in [3.05, 3.63) is 108 Å². The van der Waals surface area contributed by atoms with Crippen LogP contribution in [0.25, 0.3) is 10.8 Å². The second-order valence-electron chi connectivity index (χ2n) is 9.82. The van der Waals surface area contributed by atoms with E-state index < -0.39 is 5.91 Å². The number of allylic oxidation sites excluding steroid dienone is 2. The first-order chi connectivity index (χ1) is 18.5. The maximum absolute atomic E-state index is 13.3. The molecule has 2 aliphatic rings. The minimum Gasteiger partial charge on any atom is -0.457 e. The van der Waals surface area contributed by atoms with Gasteiger partial charge in [0, 0.05) is 5.69 Å². The van der Waals surface area contributed by atoms with Gasteiger partial charge in [-0.2, -0.15) is 0 Å². The fraction of sp³-hybridized carbons (Fsp3) is 0.156. The van der Waals surface area contributed by atoms with Crippen LogP contribution in [0.3, 0.4) is 0 Å². The highest BCUT2D eigenvalue weighted by Crippen LogP contribution is 2.40. The smallest absolute Gasteiger partial charge is 0.257 e. The summed E-state index contributed by atoms with van der Waals surface area (Å²) >= 11 is 0. The van der Waals surface area contributed by atoms with Crippen LogP contribution in [-0.2, 0) is 9.59 Å². The van der Waals surface area contributed by atoms with Gasteiger partial charge in [0.05, 0.1) is 23.1 Å². The average Bonchev–Trinajstić information content (AvgIpc) is 3.18. The Morgan fingerprint density at radius 1 is 0.816 bits per heavy atom. The largest absolute Gasteiger partial charge is 0.457 e. The van der Waals surface area contributed by atoms with E-state index in [1.54, 1.807) is 48.5 Å². The van der Waals surface area contributed by atoms with E-state index in [2.05, 4.69) is 11.4 Å². The van der Waals surface area contributed by atoms with Crippen LogP contribution in [0.2, 0.25) is 0 Å². The summed E-state index contributed by atoms with van der Waals surface area (Å²) in [4.78, 5) is 40.9. The molecule has 2 atom stereocenters. The van der Waals surface area contributed by atoms with Crippen molar-refractivity contribution in [3.63, 3.8) is 0 Å². The maximum Gasteiger partial charge on any atom is 0.257 e. The summed E-state index contributed by atoms with van der Waals surface area (Å²) in [5.74, 6) is -0.231. The van der Waals surface area contributed by atoms with Gasteiger partial charge in [0.25, 0.3) is 5.91 Å². The number of ether oxygens (including phenoxy) is 1. The zero-order chi connectivity index (χ0) is 26.2. The molecule has 0 radical (unpaired) electrons. The molecule has 6 rings (SSSR count). The maximum atomic E-state index is 13.3. The van der Waals surface area contributed by atoms with E-state index in [-0.39, 0.29) is 29.2 Å². The number of rotatable bonds is 5. The number of para-hydroxylation sites is 1. The first-order valence-electron chi connectivity index (χ1n) is 12.7.